The predicted octanol–water partition coefficient (Wildman–Crippen LogP) is 1.46. The summed E-state index contributed by atoms with van der Waals surface area (Å²) < 4.78 is 71.5. The van der Waals surface area contributed by atoms with E-state index in [0.717, 1.165) is 0 Å². The van der Waals surface area contributed by atoms with Crippen molar-refractivity contribution in [1.29, 1.82) is 0 Å². The van der Waals surface area contributed by atoms with Gasteiger partial charge in [-0.25, -0.2) is 0 Å². The van der Waals surface area contributed by atoms with Gasteiger partial charge in [-0.1, -0.05) is 0 Å². The smallest absolute Gasteiger partial charge is 0.471 e. The first-order chi connectivity index (χ1) is 7.44. The number of carbonyl (C=O) groups is 2. The lowest BCUT2D eigenvalue weighted by Gasteiger charge is -2.21. The zero-order valence-corrected chi connectivity index (χ0v) is 8.02. The molecule has 0 aromatic rings. The van der Waals surface area contributed by atoms with Gasteiger partial charge < -0.3 is 10.4 Å². The Morgan fingerprint density at radius 2 is 1.59 bits per heavy atom. The molecular weight excluding hydrogens is 260 g/mol. The number of alkyl halides is 6. The fraction of sp³-hybridized carbons (Fsp3) is 0.714. The molecule has 0 aliphatic rings. The van der Waals surface area contributed by atoms with E-state index in [0.29, 0.717) is 5.32 Å². The highest BCUT2D eigenvalue weighted by Gasteiger charge is 2.46. The first-order valence-electron chi connectivity index (χ1n) is 4.10. The lowest BCUT2D eigenvalue weighted by molar-refractivity contribution is -0.188. The third-order valence-corrected chi connectivity index (χ3v) is 1.60. The Hall–Kier alpha value is -1.48. The van der Waals surface area contributed by atoms with Gasteiger partial charge >= 0.3 is 24.2 Å². The number of hydrogen-bond acceptors (Lipinski definition) is 2. The summed E-state index contributed by atoms with van der Waals surface area (Å²) in [4.78, 5) is 20.3. The number of aliphatic carboxylic acids is 1. The van der Waals surface area contributed by atoms with Crippen LogP contribution < -0.4 is 5.32 Å². The lowest BCUT2D eigenvalue weighted by atomic mass is 10.1. The van der Waals surface area contributed by atoms with Gasteiger partial charge in [-0.3, -0.25) is 9.59 Å². The topological polar surface area (TPSA) is 66.4 Å². The predicted molar refractivity (Wildman–Crippen MR) is 40.9 cm³/mol. The van der Waals surface area contributed by atoms with Crippen molar-refractivity contribution in [3.63, 3.8) is 0 Å². The number of carboxylic acid groups (broad SMARTS) is 1. The van der Waals surface area contributed by atoms with Gasteiger partial charge in [0, 0.05) is 6.42 Å². The fourth-order valence-corrected chi connectivity index (χ4v) is 0.826. The number of nitrogens with one attached hydrogen (secondary N) is 1. The van der Waals surface area contributed by atoms with Crippen molar-refractivity contribution >= 4 is 11.9 Å². The Bertz CT molecular complexity index is 297. The first kappa shape index (κ1) is 15.5. The van der Waals surface area contributed by atoms with E-state index in [1.54, 1.807) is 0 Å². The van der Waals surface area contributed by atoms with E-state index in [2.05, 4.69) is 0 Å². The molecule has 1 atom stereocenters. The highest BCUT2D eigenvalue weighted by Crippen LogP contribution is 2.25. The summed E-state index contributed by atoms with van der Waals surface area (Å²) in [6.07, 6.45) is -12.8. The van der Waals surface area contributed by atoms with Crippen LogP contribution in [0, 0.1) is 0 Å². The number of rotatable bonds is 4. The van der Waals surface area contributed by atoms with Gasteiger partial charge in [-0.15, -0.1) is 0 Å². The molecule has 0 fully saturated rings. The Labute approximate surface area is 90.6 Å². The molecule has 0 rings (SSSR count). The second kappa shape index (κ2) is 5.23. The van der Waals surface area contributed by atoms with E-state index in [1.807, 2.05) is 0 Å². The van der Waals surface area contributed by atoms with Crippen molar-refractivity contribution in [2.45, 2.75) is 31.2 Å². The van der Waals surface area contributed by atoms with Gasteiger partial charge in [0.15, 0.2) is 0 Å². The molecule has 0 heterocycles. The summed E-state index contributed by atoms with van der Waals surface area (Å²) >= 11 is 0. The monoisotopic (exact) mass is 267 g/mol. The number of carboxylic acids is 1. The zero-order valence-electron chi connectivity index (χ0n) is 8.02. The van der Waals surface area contributed by atoms with Crippen molar-refractivity contribution in [2.24, 2.45) is 0 Å². The number of hydrogen-bond donors (Lipinski definition) is 2. The zero-order chi connectivity index (χ0) is 13.9. The van der Waals surface area contributed by atoms with Crippen LogP contribution in [0.3, 0.4) is 0 Å². The second-order valence-corrected chi connectivity index (χ2v) is 3.00. The molecule has 0 bridgehead atoms. The summed E-state index contributed by atoms with van der Waals surface area (Å²) in [5.74, 6) is -4.37. The van der Waals surface area contributed by atoms with Gasteiger partial charge in [0.25, 0.3) is 0 Å². The minimum atomic E-state index is -5.45. The molecule has 4 nitrogen and oxygen atoms in total. The lowest BCUT2D eigenvalue weighted by Crippen LogP contribution is -2.50. The maximum Gasteiger partial charge on any atom is 0.471 e. The van der Waals surface area contributed by atoms with Crippen LogP contribution in [0.15, 0.2) is 0 Å². The molecule has 0 aromatic carbocycles. The summed E-state index contributed by atoms with van der Waals surface area (Å²) in [7, 11) is 0. The second-order valence-electron chi connectivity index (χ2n) is 3.00. The number of carbonyl (C=O) groups excluding carboxylic acids is 1. The molecule has 17 heavy (non-hydrogen) atoms. The van der Waals surface area contributed by atoms with E-state index >= 15 is 0 Å². The minimum absolute atomic E-state index is 0.700. The van der Waals surface area contributed by atoms with Crippen LogP contribution in [0.4, 0.5) is 26.3 Å². The summed E-state index contributed by atoms with van der Waals surface area (Å²) in [5, 5.41) is 8.82. The molecule has 2 N–H and O–H groups in total. The molecular formula is C7H7F6NO3. The molecule has 100 valence electrons. The maximum absolute atomic E-state index is 12.1. The minimum Gasteiger partial charge on any atom is -0.481 e. The molecule has 1 amide bonds. The summed E-state index contributed by atoms with van der Waals surface area (Å²) in [5.41, 5.74) is 0. The van der Waals surface area contributed by atoms with E-state index in [9.17, 15) is 35.9 Å². The van der Waals surface area contributed by atoms with Gasteiger partial charge in [0.1, 0.15) is 6.04 Å². The average Bonchev–Trinajstić information content (AvgIpc) is 2.07. The van der Waals surface area contributed by atoms with E-state index < -0.39 is 43.1 Å². The highest BCUT2D eigenvalue weighted by molar-refractivity contribution is 5.82. The summed E-state index contributed by atoms with van der Waals surface area (Å²) in [6.45, 7) is 0. The molecule has 0 aliphatic heterocycles. The van der Waals surface area contributed by atoms with Crippen LogP contribution in [-0.2, 0) is 9.59 Å². The molecule has 0 unspecified atom stereocenters. The van der Waals surface area contributed by atoms with E-state index in [-0.39, 0.29) is 0 Å². The SMILES string of the molecule is O=C(O)CC[C@H](NC(=O)C(F)(F)F)C(F)(F)F. The maximum atomic E-state index is 12.1. The van der Waals surface area contributed by atoms with Crippen molar-refractivity contribution < 1.29 is 41.0 Å². The van der Waals surface area contributed by atoms with E-state index in [4.69, 9.17) is 5.11 Å². The Kier molecular flexibility index (Phi) is 4.78. The van der Waals surface area contributed by atoms with Crippen LogP contribution in [0.5, 0.6) is 0 Å². The van der Waals surface area contributed by atoms with Crippen molar-refractivity contribution in [3.05, 3.63) is 0 Å². The molecule has 0 aliphatic carbocycles. The normalized spacial score (nSPS) is 14.2. The number of amides is 1. The van der Waals surface area contributed by atoms with Gasteiger partial charge in [0.2, 0.25) is 0 Å². The van der Waals surface area contributed by atoms with Crippen molar-refractivity contribution in [3.8, 4) is 0 Å². The third-order valence-electron chi connectivity index (χ3n) is 1.60. The molecule has 0 saturated carbocycles. The Morgan fingerprint density at radius 1 is 1.12 bits per heavy atom. The third kappa shape index (κ3) is 5.97. The standard InChI is InChI=1S/C7H7F6NO3/c8-6(9,10)3(1-2-4(15)16)14-5(17)7(11,12)13/h3H,1-2H2,(H,14,17)(H,15,16)/t3-/m0/s1. The quantitative estimate of drug-likeness (QED) is 0.758. The van der Waals surface area contributed by atoms with Crippen molar-refractivity contribution in [2.75, 3.05) is 0 Å². The van der Waals surface area contributed by atoms with Crippen LogP contribution in [0.1, 0.15) is 12.8 Å². The van der Waals surface area contributed by atoms with Crippen LogP contribution >= 0.6 is 0 Å². The average molecular weight is 267 g/mol. The summed E-state index contributed by atoms with van der Waals surface area (Å²) in [6, 6.07) is -2.84. The van der Waals surface area contributed by atoms with E-state index in [1.165, 1.54) is 0 Å². The van der Waals surface area contributed by atoms with Crippen molar-refractivity contribution in [1.82, 2.24) is 5.32 Å². The first-order valence-corrected chi connectivity index (χ1v) is 4.10. The fourth-order valence-electron chi connectivity index (χ4n) is 0.826. The molecule has 0 spiro atoms. The molecule has 0 saturated heterocycles. The van der Waals surface area contributed by atoms with Gasteiger partial charge in [0.05, 0.1) is 0 Å². The van der Waals surface area contributed by atoms with Gasteiger partial charge in [-0.05, 0) is 6.42 Å². The van der Waals surface area contributed by atoms with Crippen LogP contribution in [0.2, 0.25) is 0 Å². The Morgan fingerprint density at radius 3 is 1.88 bits per heavy atom. The molecule has 0 aromatic heterocycles. The molecule has 0 radical (unpaired) electrons. The van der Waals surface area contributed by atoms with Crippen LogP contribution in [-0.4, -0.2) is 35.4 Å². The Balaban J connectivity index is 4.62. The molecule has 10 heteroatoms. The highest BCUT2D eigenvalue weighted by atomic mass is 19.4. The number of halogens is 6. The van der Waals surface area contributed by atoms with Gasteiger partial charge in [-0.2, -0.15) is 26.3 Å². The largest absolute Gasteiger partial charge is 0.481 e. The van der Waals surface area contributed by atoms with Crippen LogP contribution in [0.25, 0.3) is 0 Å².